The van der Waals surface area contributed by atoms with Crippen LogP contribution in [0.4, 0.5) is 0 Å². The molecule has 0 bridgehead atoms. The summed E-state index contributed by atoms with van der Waals surface area (Å²) in [4.78, 5) is 24.3. The highest BCUT2D eigenvalue weighted by molar-refractivity contribution is 4.92. The van der Waals surface area contributed by atoms with Gasteiger partial charge in [-0.1, -0.05) is 0 Å². The van der Waals surface area contributed by atoms with Crippen molar-refractivity contribution in [3.05, 3.63) is 33.1 Å². The third-order valence-electron chi connectivity index (χ3n) is 2.64. The molecule has 1 unspecified atom stereocenters. The standard InChI is InChI=1S/C9H12N2O6/c12-3-4-6(14)7(15)8(17-4)11-2-1-5(13)10-9(11)16/h1-2,4,6-8,12,14-15H,3H2,(H,10,13,16)/t4-,6+,7-,8?/m1/s1. The van der Waals surface area contributed by atoms with Gasteiger partial charge in [-0.2, -0.15) is 0 Å². The molecule has 8 heteroatoms. The van der Waals surface area contributed by atoms with Gasteiger partial charge < -0.3 is 20.1 Å². The molecule has 4 N–H and O–H groups in total. The van der Waals surface area contributed by atoms with Gasteiger partial charge in [0, 0.05) is 12.3 Å². The molecule has 4 atom stereocenters. The second kappa shape index (κ2) is 4.41. The number of hydrogen-bond donors (Lipinski definition) is 4. The van der Waals surface area contributed by atoms with Gasteiger partial charge in [0.25, 0.3) is 5.56 Å². The highest BCUT2D eigenvalue weighted by Crippen LogP contribution is 2.27. The van der Waals surface area contributed by atoms with E-state index in [4.69, 9.17) is 9.84 Å². The van der Waals surface area contributed by atoms with E-state index < -0.39 is 42.4 Å². The van der Waals surface area contributed by atoms with Gasteiger partial charge in [0.2, 0.25) is 0 Å². The summed E-state index contributed by atoms with van der Waals surface area (Å²) in [6, 6.07) is 1.09. The second-order valence-electron chi connectivity index (χ2n) is 3.75. The Labute approximate surface area is 94.7 Å². The van der Waals surface area contributed by atoms with E-state index in [-0.39, 0.29) is 0 Å². The van der Waals surface area contributed by atoms with Crippen molar-refractivity contribution in [3.63, 3.8) is 0 Å². The van der Waals surface area contributed by atoms with Crippen LogP contribution in [0.1, 0.15) is 6.23 Å². The molecule has 0 amide bonds. The maximum atomic E-state index is 11.4. The lowest BCUT2D eigenvalue weighted by Crippen LogP contribution is -2.37. The summed E-state index contributed by atoms with van der Waals surface area (Å²) in [6.45, 7) is -0.479. The smallest absolute Gasteiger partial charge is 0.330 e. The highest BCUT2D eigenvalue weighted by Gasteiger charge is 2.43. The van der Waals surface area contributed by atoms with Crippen molar-refractivity contribution in [3.8, 4) is 0 Å². The Bertz CT molecular complexity index is 509. The molecule has 1 aromatic heterocycles. The van der Waals surface area contributed by atoms with Crippen molar-refractivity contribution >= 4 is 0 Å². The zero-order valence-electron chi connectivity index (χ0n) is 8.68. The van der Waals surface area contributed by atoms with Gasteiger partial charge in [0.05, 0.1) is 6.61 Å². The number of aromatic nitrogens is 2. The van der Waals surface area contributed by atoms with Crippen molar-refractivity contribution in [2.24, 2.45) is 0 Å². The number of nitrogens with zero attached hydrogens (tertiary/aromatic N) is 1. The minimum Gasteiger partial charge on any atom is -0.394 e. The van der Waals surface area contributed by atoms with E-state index in [1.807, 2.05) is 4.98 Å². The summed E-state index contributed by atoms with van der Waals surface area (Å²) in [5, 5.41) is 28.1. The molecule has 8 nitrogen and oxygen atoms in total. The first-order valence-corrected chi connectivity index (χ1v) is 4.98. The second-order valence-corrected chi connectivity index (χ2v) is 3.75. The lowest BCUT2D eigenvalue weighted by Gasteiger charge is -2.16. The number of H-pyrrole nitrogens is 1. The summed E-state index contributed by atoms with van der Waals surface area (Å²) < 4.78 is 6.08. The number of hydrogen-bond acceptors (Lipinski definition) is 6. The Morgan fingerprint density at radius 3 is 2.59 bits per heavy atom. The summed E-state index contributed by atoms with van der Waals surface area (Å²) in [7, 11) is 0. The highest BCUT2D eigenvalue weighted by atomic mass is 16.6. The minimum absolute atomic E-state index is 0.479. The van der Waals surface area contributed by atoms with Gasteiger partial charge in [0.15, 0.2) is 6.23 Å². The van der Waals surface area contributed by atoms with Crippen molar-refractivity contribution in [2.45, 2.75) is 24.5 Å². The van der Waals surface area contributed by atoms with E-state index in [0.29, 0.717) is 0 Å². The molecule has 94 valence electrons. The van der Waals surface area contributed by atoms with Crippen LogP contribution >= 0.6 is 0 Å². The molecule has 1 aliphatic heterocycles. The van der Waals surface area contributed by atoms with Gasteiger partial charge in [0.1, 0.15) is 18.3 Å². The summed E-state index contributed by atoms with van der Waals surface area (Å²) >= 11 is 0. The molecule has 17 heavy (non-hydrogen) atoms. The number of aromatic amines is 1. The average Bonchev–Trinajstić information content (AvgIpc) is 2.57. The molecular weight excluding hydrogens is 232 g/mol. The fraction of sp³-hybridized carbons (Fsp3) is 0.556. The molecule has 1 saturated heterocycles. The normalized spacial score (nSPS) is 32.9. The van der Waals surface area contributed by atoms with Crippen LogP contribution in [0.5, 0.6) is 0 Å². The Morgan fingerprint density at radius 2 is 2.06 bits per heavy atom. The van der Waals surface area contributed by atoms with Crippen LogP contribution in [0.2, 0.25) is 0 Å². The molecule has 2 heterocycles. The van der Waals surface area contributed by atoms with Crippen molar-refractivity contribution in [2.75, 3.05) is 6.61 Å². The summed E-state index contributed by atoms with van der Waals surface area (Å²) in [5.74, 6) is 0. The van der Waals surface area contributed by atoms with E-state index in [2.05, 4.69) is 0 Å². The van der Waals surface area contributed by atoms with Crippen molar-refractivity contribution < 1.29 is 20.1 Å². The average molecular weight is 244 g/mol. The van der Waals surface area contributed by atoms with Gasteiger partial charge in [-0.3, -0.25) is 14.3 Å². The fourth-order valence-electron chi connectivity index (χ4n) is 1.74. The Balaban J connectivity index is 2.35. The monoisotopic (exact) mass is 244 g/mol. The van der Waals surface area contributed by atoms with Gasteiger partial charge in [-0.05, 0) is 0 Å². The van der Waals surface area contributed by atoms with E-state index >= 15 is 0 Å². The van der Waals surface area contributed by atoms with E-state index in [9.17, 15) is 19.8 Å². The predicted octanol–water partition coefficient (Wildman–Crippen LogP) is -2.85. The molecule has 0 spiro atoms. The molecule has 0 aromatic carbocycles. The minimum atomic E-state index is -1.35. The summed E-state index contributed by atoms with van der Waals surface area (Å²) in [6.07, 6.45) is -3.58. The predicted molar refractivity (Wildman–Crippen MR) is 54.3 cm³/mol. The van der Waals surface area contributed by atoms with Crippen LogP contribution in [0, 0.1) is 0 Å². The van der Waals surface area contributed by atoms with Gasteiger partial charge in [-0.15, -0.1) is 0 Å². The Hall–Kier alpha value is -1.48. The molecule has 1 aliphatic rings. The quantitative estimate of drug-likeness (QED) is 0.444. The molecule has 2 rings (SSSR count). The van der Waals surface area contributed by atoms with Crippen LogP contribution in [0.25, 0.3) is 0 Å². The SMILES string of the molecule is O=c1ccn(C2O[C@H](CO)[C@H](O)[C@H]2O)c(=O)[nH]1. The molecular formula is C9H12N2O6. The lowest BCUT2D eigenvalue weighted by atomic mass is 10.1. The van der Waals surface area contributed by atoms with E-state index in [0.717, 1.165) is 16.8 Å². The molecule has 1 aromatic rings. The van der Waals surface area contributed by atoms with Crippen LogP contribution in [0.15, 0.2) is 21.9 Å². The van der Waals surface area contributed by atoms with Crippen LogP contribution in [-0.4, -0.2) is 49.8 Å². The number of rotatable bonds is 2. The first-order valence-electron chi connectivity index (χ1n) is 4.98. The van der Waals surface area contributed by atoms with Crippen LogP contribution in [-0.2, 0) is 4.74 Å². The molecule has 0 aliphatic carbocycles. The van der Waals surface area contributed by atoms with Crippen molar-refractivity contribution in [1.29, 1.82) is 0 Å². The van der Waals surface area contributed by atoms with Crippen LogP contribution < -0.4 is 11.2 Å². The Kier molecular flexibility index (Phi) is 3.11. The number of aliphatic hydroxyl groups excluding tert-OH is 3. The van der Waals surface area contributed by atoms with Crippen molar-refractivity contribution in [1.82, 2.24) is 9.55 Å². The van der Waals surface area contributed by atoms with Gasteiger partial charge in [-0.25, -0.2) is 4.79 Å². The molecule has 0 saturated carbocycles. The third-order valence-corrected chi connectivity index (χ3v) is 2.64. The maximum absolute atomic E-state index is 11.4. The molecule has 1 fully saturated rings. The number of nitrogens with one attached hydrogen (secondary N) is 1. The first-order chi connectivity index (χ1) is 8.04. The fourth-order valence-corrected chi connectivity index (χ4v) is 1.74. The topological polar surface area (TPSA) is 125 Å². The number of aliphatic hydroxyl groups is 3. The first kappa shape index (κ1) is 12.0. The van der Waals surface area contributed by atoms with E-state index in [1.54, 1.807) is 0 Å². The zero-order chi connectivity index (χ0) is 12.6. The van der Waals surface area contributed by atoms with Crippen LogP contribution in [0.3, 0.4) is 0 Å². The lowest BCUT2D eigenvalue weighted by molar-refractivity contribution is -0.0550. The summed E-state index contributed by atoms with van der Waals surface area (Å²) in [5.41, 5.74) is -1.33. The maximum Gasteiger partial charge on any atom is 0.330 e. The van der Waals surface area contributed by atoms with E-state index in [1.165, 1.54) is 0 Å². The third kappa shape index (κ3) is 2.03. The van der Waals surface area contributed by atoms with Gasteiger partial charge >= 0.3 is 5.69 Å². The zero-order valence-corrected chi connectivity index (χ0v) is 8.68. The largest absolute Gasteiger partial charge is 0.394 e. The Morgan fingerprint density at radius 1 is 1.35 bits per heavy atom. The number of ether oxygens (including phenoxy) is 1. The molecule has 0 radical (unpaired) electrons.